The van der Waals surface area contributed by atoms with Gasteiger partial charge in [0.25, 0.3) is 5.88 Å². The molecule has 0 bridgehead atoms. The first-order valence-corrected chi connectivity index (χ1v) is 10.5. The minimum Gasteiger partial charge on any atom is -0.353 e. The Morgan fingerprint density at radius 3 is 2.54 bits per heavy atom. The molecule has 0 saturated heterocycles. The zero-order chi connectivity index (χ0) is 18.4. The first-order valence-electron chi connectivity index (χ1n) is 7.27. The van der Waals surface area contributed by atoms with Gasteiger partial charge in [0.1, 0.15) is 5.69 Å². The molecule has 1 atom stereocenters. The van der Waals surface area contributed by atoms with E-state index < -0.39 is 21.5 Å². The first kappa shape index (κ1) is 21.3. The van der Waals surface area contributed by atoms with Gasteiger partial charge >= 0.3 is 15.6 Å². The van der Waals surface area contributed by atoms with Gasteiger partial charge < -0.3 is 8.85 Å². The second kappa shape index (κ2) is 9.10. The van der Waals surface area contributed by atoms with Gasteiger partial charge in [-0.25, -0.2) is 4.98 Å². The summed E-state index contributed by atoms with van der Waals surface area (Å²) in [4.78, 5) is 3.81. The van der Waals surface area contributed by atoms with Crippen LogP contribution >= 0.6 is 21.4 Å². The Kier molecular flexibility index (Phi) is 8.08. The van der Waals surface area contributed by atoms with Crippen LogP contribution in [-0.2, 0) is 16.5 Å². The van der Waals surface area contributed by atoms with Crippen molar-refractivity contribution < 1.29 is 25.8 Å². The van der Waals surface area contributed by atoms with Gasteiger partial charge in [-0.2, -0.15) is 34.2 Å². The van der Waals surface area contributed by atoms with Gasteiger partial charge in [0.2, 0.25) is 0 Å². The monoisotopic (exact) mass is 404 g/mol. The summed E-state index contributed by atoms with van der Waals surface area (Å²) in [6, 6.07) is 1.61. The largest absolute Gasteiger partial charge is 0.534 e. The van der Waals surface area contributed by atoms with Crippen molar-refractivity contribution >= 4 is 37.2 Å². The van der Waals surface area contributed by atoms with E-state index >= 15 is 0 Å². The molecule has 1 unspecified atom stereocenters. The fraction of sp³-hybridized carbons (Fsp3) is 0.615. The normalized spacial score (nSPS) is 12.8. The summed E-state index contributed by atoms with van der Waals surface area (Å²) in [7, 11) is -5.49. The molecule has 0 aliphatic heterocycles. The highest BCUT2D eigenvalue weighted by atomic mass is 32.2. The number of anilines is 1. The molecule has 0 spiro atoms. The zero-order valence-electron chi connectivity index (χ0n) is 13.3. The lowest BCUT2D eigenvalue weighted by Gasteiger charge is -2.25. The van der Waals surface area contributed by atoms with Crippen molar-refractivity contribution in [3.8, 4) is 5.88 Å². The molecule has 1 heterocycles. The highest BCUT2D eigenvalue weighted by molar-refractivity contribution is 7.88. The first-order chi connectivity index (χ1) is 11.2. The van der Waals surface area contributed by atoms with E-state index in [1.54, 1.807) is 10.7 Å². The average molecular weight is 404 g/mol. The lowest BCUT2D eigenvalue weighted by Crippen LogP contribution is -2.29. The van der Waals surface area contributed by atoms with Crippen LogP contribution in [0.1, 0.15) is 25.8 Å². The molecule has 5 nitrogen and oxygen atoms in total. The summed E-state index contributed by atoms with van der Waals surface area (Å²) in [6.07, 6.45) is 3.38. The summed E-state index contributed by atoms with van der Waals surface area (Å²) in [5.41, 5.74) is -4.50. The molecule has 1 aromatic rings. The van der Waals surface area contributed by atoms with Gasteiger partial charge in [0.05, 0.1) is 0 Å². The molecule has 0 saturated carbocycles. The maximum atomic E-state index is 12.6. The minimum absolute atomic E-state index is 0.254. The lowest BCUT2D eigenvalue weighted by molar-refractivity contribution is -0.0501. The van der Waals surface area contributed by atoms with Crippen LogP contribution in [0.2, 0.25) is 0 Å². The molecule has 0 aliphatic carbocycles. The SMILES string of the molecule is CCCN(PCC)c1cc(CCS)cnc1OS(=O)(=O)C(F)(F)F. The van der Waals surface area contributed by atoms with Crippen LogP contribution in [0.25, 0.3) is 0 Å². The van der Waals surface area contributed by atoms with E-state index in [0.29, 0.717) is 18.7 Å². The third kappa shape index (κ3) is 5.67. The predicted molar refractivity (Wildman–Crippen MR) is 93.9 cm³/mol. The Balaban J connectivity index is 3.32. The van der Waals surface area contributed by atoms with E-state index in [0.717, 1.165) is 18.1 Å². The number of hydrogen-bond acceptors (Lipinski definition) is 6. The number of aromatic nitrogens is 1. The highest BCUT2D eigenvalue weighted by Gasteiger charge is 2.49. The Bertz CT molecular complexity index is 636. The van der Waals surface area contributed by atoms with Crippen LogP contribution in [0.3, 0.4) is 0 Å². The number of nitrogens with zero attached hydrogens (tertiary/aromatic N) is 2. The molecular weight excluding hydrogens is 384 g/mol. The Hall–Kier alpha value is -0.730. The number of thiol groups is 1. The van der Waals surface area contributed by atoms with Crippen LogP contribution in [0, 0.1) is 0 Å². The Labute approximate surface area is 147 Å². The second-order valence-electron chi connectivity index (χ2n) is 4.79. The summed E-state index contributed by atoms with van der Waals surface area (Å²) < 4.78 is 66.5. The summed E-state index contributed by atoms with van der Waals surface area (Å²) >= 11 is 4.12. The maximum Gasteiger partial charge on any atom is 0.534 e. The van der Waals surface area contributed by atoms with Crippen LogP contribution < -0.4 is 8.85 Å². The molecular formula is C13H20F3N2O3PS2. The van der Waals surface area contributed by atoms with Crippen LogP contribution in [-0.4, -0.2) is 37.4 Å². The fourth-order valence-corrected chi connectivity index (χ4v) is 3.64. The fourth-order valence-electron chi connectivity index (χ4n) is 1.86. The van der Waals surface area contributed by atoms with Crippen molar-refractivity contribution in [3.05, 3.63) is 17.8 Å². The van der Waals surface area contributed by atoms with Gasteiger partial charge in [0.15, 0.2) is 0 Å². The van der Waals surface area contributed by atoms with E-state index in [2.05, 4.69) is 21.8 Å². The second-order valence-corrected chi connectivity index (χ2v) is 8.34. The molecule has 1 aromatic heterocycles. The van der Waals surface area contributed by atoms with E-state index in [4.69, 9.17) is 0 Å². The topological polar surface area (TPSA) is 59.5 Å². The Morgan fingerprint density at radius 1 is 1.38 bits per heavy atom. The van der Waals surface area contributed by atoms with Crippen molar-refractivity contribution in [3.63, 3.8) is 0 Å². The summed E-state index contributed by atoms with van der Waals surface area (Å²) in [6.45, 7) is 4.41. The highest BCUT2D eigenvalue weighted by Crippen LogP contribution is 2.37. The van der Waals surface area contributed by atoms with Crippen molar-refractivity contribution in [2.75, 3.05) is 23.1 Å². The third-order valence-electron chi connectivity index (χ3n) is 2.85. The van der Waals surface area contributed by atoms with E-state index in [-0.39, 0.29) is 14.4 Å². The van der Waals surface area contributed by atoms with Crippen LogP contribution in [0.5, 0.6) is 5.88 Å². The summed E-state index contributed by atoms with van der Waals surface area (Å²) in [5, 5.41) is 0. The molecule has 0 fully saturated rings. The average Bonchev–Trinajstić information content (AvgIpc) is 2.47. The quantitative estimate of drug-likeness (QED) is 0.295. The Morgan fingerprint density at radius 2 is 2.04 bits per heavy atom. The van der Waals surface area contributed by atoms with Gasteiger partial charge in [-0.05, 0) is 45.1 Å². The van der Waals surface area contributed by atoms with E-state index in [1.165, 1.54) is 6.20 Å². The van der Waals surface area contributed by atoms with E-state index in [9.17, 15) is 21.6 Å². The van der Waals surface area contributed by atoms with Gasteiger partial charge in [-0.1, -0.05) is 13.8 Å². The maximum absolute atomic E-state index is 12.6. The summed E-state index contributed by atoms with van der Waals surface area (Å²) in [5.74, 6) is -0.0175. The van der Waals surface area contributed by atoms with E-state index in [1.807, 2.05) is 13.8 Å². The van der Waals surface area contributed by atoms with Gasteiger partial charge in [-0.3, -0.25) is 0 Å². The number of pyridine rings is 1. The number of hydrogen-bond donors (Lipinski definition) is 1. The van der Waals surface area contributed by atoms with Crippen LogP contribution in [0.15, 0.2) is 12.3 Å². The van der Waals surface area contributed by atoms with Crippen molar-refractivity contribution in [1.29, 1.82) is 0 Å². The van der Waals surface area contributed by atoms with Gasteiger partial charge in [-0.15, -0.1) is 0 Å². The standard InChI is InChI=1S/C13H20F3N2O3PS2/c1-3-6-18(22-4-2)11-8-10(5-7-23)9-17-12(11)21-24(19,20)13(14,15)16/h8-9,22-23H,3-7H2,1-2H3. The molecule has 0 aromatic carbocycles. The molecule has 0 aliphatic rings. The molecule has 138 valence electrons. The predicted octanol–water partition coefficient (Wildman–Crippen LogP) is 3.61. The molecule has 0 amide bonds. The number of aryl methyl sites for hydroxylation is 1. The molecule has 0 radical (unpaired) electrons. The third-order valence-corrected chi connectivity index (χ3v) is 5.18. The van der Waals surface area contributed by atoms with Crippen molar-refractivity contribution in [2.45, 2.75) is 32.2 Å². The van der Waals surface area contributed by atoms with Crippen molar-refractivity contribution in [2.24, 2.45) is 0 Å². The number of halogens is 3. The molecule has 0 N–H and O–H groups in total. The van der Waals surface area contributed by atoms with Gasteiger partial charge in [0, 0.05) is 12.7 Å². The zero-order valence-corrected chi connectivity index (χ0v) is 16.0. The molecule has 11 heteroatoms. The minimum atomic E-state index is -5.76. The van der Waals surface area contributed by atoms with Crippen molar-refractivity contribution in [1.82, 2.24) is 4.98 Å². The smallest absolute Gasteiger partial charge is 0.353 e. The number of alkyl halides is 3. The lowest BCUT2D eigenvalue weighted by atomic mass is 10.2. The number of rotatable bonds is 9. The molecule has 24 heavy (non-hydrogen) atoms. The van der Waals surface area contributed by atoms with Crippen LogP contribution in [0.4, 0.5) is 18.9 Å². The molecule has 1 rings (SSSR count).